The largest absolute Gasteiger partial charge is 0.507 e. The summed E-state index contributed by atoms with van der Waals surface area (Å²) in [7, 11) is 3.50. The van der Waals surface area contributed by atoms with Crippen molar-refractivity contribution in [3.8, 4) is 17.2 Å². The Balaban J connectivity index is 2.46. The van der Waals surface area contributed by atoms with Crippen LogP contribution in [0.1, 0.15) is 0 Å². The topological polar surface area (TPSA) is 62.4 Å². The van der Waals surface area contributed by atoms with Gasteiger partial charge in [0.15, 0.2) is 0 Å². The molecule has 0 fully saturated rings. The van der Waals surface area contributed by atoms with Crippen molar-refractivity contribution in [3.05, 3.63) is 24.0 Å². The molecule has 1 N–H and O–H groups in total. The van der Waals surface area contributed by atoms with E-state index in [0.29, 0.717) is 5.95 Å². The fraction of sp³-hybridized carbons (Fsp3) is 0.200. The van der Waals surface area contributed by atoms with E-state index >= 15 is 0 Å². The molecule has 1 aromatic carbocycles. The average Bonchev–Trinajstić information content (AvgIpc) is 2.70. The zero-order valence-electron chi connectivity index (χ0n) is 8.81. The summed E-state index contributed by atoms with van der Waals surface area (Å²) >= 11 is 0. The van der Waals surface area contributed by atoms with Crippen LogP contribution in [0, 0.1) is 5.82 Å². The van der Waals surface area contributed by atoms with E-state index in [1.165, 1.54) is 6.07 Å². The third-order valence-electron chi connectivity index (χ3n) is 2.00. The molecule has 2 rings (SSSR count). The molecule has 16 heavy (non-hydrogen) atoms. The highest BCUT2D eigenvalue weighted by Gasteiger charge is 2.14. The summed E-state index contributed by atoms with van der Waals surface area (Å²) in [5.41, 5.74) is 0.181. The lowest BCUT2D eigenvalue weighted by Crippen LogP contribution is -2.10. The molecule has 0 saturated heterocycles. The van der Waals surface area contributed by atoms with Crippen LogP contribution in [0.2, 0.25) is 0 Å². The van der Waals surface area contributed by atoms with Crippen molar-refractivity contribution in [1.29, 1.82) is 0 Å². The minimum absolute atomic E-state index is 0.0840. The van der Waals surface area contributed by atoms with Crippen LogP contribution >= 0.6 is 0 Å². The van der Waals surface area contributed by atoms with Crippen LogP contribution in [0.25, 0.3) is 11.5 Å². The highest BCUT2D eigenvalue weighted by molar-refractivity contribution is 5.62. The lowest BCUT2D eigenvalue weighted by atomic mass is 10.2. The predicted octanol–water partition coefficient (Wildman–Crippen LogP) is 1.65. The van der Waals surface area contributed by atoms with E-state index in [-0.39, 0.29) is 17.2 Å². The molecular formula is C10H10FN3O2. The number of benzene rings is 1. The number of anilines is 1. The molecule has 2 aromatic rings. The van der Waals surface area contributed by atoms with Gasteiger partial charge >= 0.3 is 0 Å². The molecule has 0 atom stereocenters. The van der Waals surface area contributed by atoms with Gasteiger partial charge in [0.25, 0.3) is 11.8 Å². The molecule has 0 spiro atoms. The van der Waals surface area contributed by atoms with Gasteiger partial charge in [0.2, 0.25) is 0 Å². The van der Waals surface area contributed by atoms with Gasteiger partial charge in [0.1, 0.15) is 11.6 Å². The Bertz CT molecular complexity index is 511. The number of aromatic hydroxyl groups is 1. The first kappa shape index (κ1) is 10.4. The van der Waals surface area contributed by atoms with Crippen LogP contribution in [-0.2, 0) is 0 Å². The maximum atomic E-state index is 13.0. The fourth-order valence-corrected chi connectivity index (χ4v) is 1.19. The zero-order chi connectivity index (χ0) is 11.7. The lowest BCUT2D eigenvalue weighted by molar-refractivity contribution is 0.423. The second kappa shape index (κ2) is 3.80. The Hall–Kier alpha value is -2.11. The molecule has 0 aliphatic carbocycles. The zero-order valence-corrected chi connectivity index (χ0v) is 8.81. The second-order valence-corrected chi connectivity index (χ2v) is 3.46. The molecule has 0 unspecified atom stereocenters. The number of hydrogen-bond acceptors (Lipinski definition) is 5. The first-order chi connectivity index (χ1) is 7.58. The molecule has 0 radical (unpaired) electrons. The van der Waals surface area contributed by atoms with Gasteiger partial charge in [-0.1, -0.05) is 0 Å². The summed E-state index contributed by atoms with van der Waals surface area (Å²) < 4.78 is 17.9. The van der Waals surface area contributed by atoms with Crippen LogP contribution < -0.4 is 4.90 Å². The van der Waals surface area contributed by atoms with Gasteiger partial charge in [-0.05, 0) is 23.4 Å². The predicted molar refractivity (Wildman–Crippen MR) is 55.7 cm³/mol. The normalized spacial score (nSPS) is 10.4. The van der Waals surface area contributed by atoms with Crippen molar-refractivity contribution in [3.63, 3.8) is 0 Å². The van der Waals surface area contributed by atoms with Crippen LogP contribution in [-0.4, -0.2) is 29.3 Å². The van der Waals surface area contributed by atoms with Gasteiger partial charge in [-0.15, -0.1) is 0 Å². The molecule has 1 heterocycles. The van der Waals surface area contributed by atoms with E-state index in [0.717, 1.165) is 12.1 Å². The summed E-state index contributed by atoms with van der Waals surface area (Å²) in [6, 6.07) is 3.54. The summed E-state index contributed by atoms with van der Waals surface area (Å²) in [5, 5.41) is 13.2. The molecule has 84 valence electrons. The summed E-state index contributed by atoms with van der Waals surface area (Å²) in [6.45, 7) is 0. The van der Waals surface area contributed by atoms with E-state index in [1.54, 1.807) is 19.0 Å². The van der Waals surface area contributed by atoms with Crippen molar-refractivity contribution in [2.24, 2.45) is 0 Å². The van der Waals surface area contributed by atoms with Gasteiger partial charge in [-0.2, -0.15) is 4.98 Å². The van der Waals surface area contributed by atoms with Crippen LogP contribution in [0.3, 0.4) is 0 Å². The minimum atomic E-state index is -0.475. The number of hydrogen-bond donors (Lipinski definition) is 1. The van der Waals surface area contributed by atoms with Crippen molar-refractivity contribution in [2.75, 3.05) is 19.0 Å². The van der Waals surface area contributed by atoms with Gasteiger partial charge in [-0.3, -0.25) is 0 Å². The van der Waals surface area contributed by atoms with E-state index in [1.807, 2.05) is 0 Å². The van der Waals surface area contributed by atoms with E-state index in [2.05, 4.69) is 10.1 Å². The Morgan fingerprint density at radius 1 is 1.38 bits per heavy atom. The van der Waals surface area contributed by atoms with E-state index in [9.17, 15) is 9.50 Å². The van der Waals surface area contributed by atoms with Crippen LogP contribution in [0.5, 0.6) is 5.75 Å². The van der Waals surface area contributed by atoms with Gasteiger partial charge < -0.3 is 14.5 Å². The highest BCUT2D eigenvalue weighted by Crippen LogP contribution is 2.29. The standard InChI is InChI=1S/C10H10FN3O2/c1-14(2)10-12-9(16-13-10)7-5-6(11)3-4-8(7)15/h3-5,15H,1-2H3. The number of aromatic nitrogens is 2. The molecule has 6 heteroatoms. The molecule has 0 amide bonds. The number of rotatable bonds is 2. The number of halogens is 1. The summed E-state index contributed by atoms with van der Waals surface area (Å²) in [5.74, 6) is -0.132. The van der Waals surface area contributed by atoms with Gasteiger partial charge in [0.05, 0.1) is 5.56 Å². The molecule has 0 saturated carbocycles. The Morgan fingerprint density at radius 2 is 2.12 bits per heavy atom. The number of phenolic OH excluding ortho intramolecular Hbond substituents is 1. The van der Waals surface area contributed by atoms with Crippen molar-refractivity contribution in [2.45, 2.75) is 0 Å². The van der Waals surface area contributed by atoms with Crippen LogP contribution in [0.15, 0.2) is 22.7 Å². The average molecular weight is 223 g/mol. The van der Waals surface area contributed by atoms with E-state index < -0.39 is 5.82 Å². The summed E-state index contributed by atoms with van der Waals surface area (Å²) in [6.07, 6.45) is 0. The second-order valence-electron chi connectivity index (χ2n) is 3.46. The lowest BCUT2D eigenvalue weighted by Gasteiger charge is -2.02. The number of nitrogens with zero attached hydrogens (tertiary/aromatic N) is 3. The van der Waals surface area contributed by atoms with E-state index in [4.69, 9.17) is 4.52 Å². The fourth-order valence-electron chi connectivity index (χ4n) is 1.19. The Labute approximate surface area is 91.1 Å². The monoisotopic (exact) mass is 223 g/mol. The Morgan fingerprint density at radius 3 is 2.75 bits per heavy atom. The third kappa shape index (κ3) is 1.81. The highest BCUT2D eigenvalue weighted by atomic mass is 19.1. The third-order valence-corrected chi connectivity index (χ3v) is 2.00. The van der Waals surface area contributed by atoms with Crippen molar-refractivity contribution >= 4 is 5.95 Å². The SMILES string of the molecule is CN(C)c1noc(-c2cc(F)ccc2O)n1. The van der Waals surface area contributed by atoms with Crippen molar-refractivity contribution < 1.29 is 14.0 Å². The first-order valence-corrected chi connectivity index (χ1v) is 4.58. The molecule has 0 bridgehead atoms. The molecular weight excluding hydrogens is 213 g/mol. The number of phenols is 1. The maximum absolute atomic E-state index is 13.0. The van der Waals surface area contributed by atoms with Gasteiger partial charge in [0, 0.05) is 14.1 Å². The van der Waals surface area contributed by atoms with Crippen LogP contribution in [0.4, 0.5) is 10.3 Å². The quantitative estimate of drug-likeness (QED) is 0.838. The maximum Gasteiger partial charge on any atom is 0.265 e. The molecule has 1 aromatic heterocycles. The van der Waals surface area contributed by atoms with Crippen molar-refractivity contribution in [1.82, 2.24) is 10.1 Å². The molecule has 0 aliphatic heterocycles. The minimum Gasteiger partial charge on any atom is -0.507 e. The molecule has 0 aliphatic rings. The molecule has 5 nitrogen and oxygen atoms in total. The van der Waals surface area contributed by atoms with Gasteiger partial charge in [-0.25, -0.2) is 4.39 Å². The Kier molecular flexibility index (Phi) is 2.47. The summed E-state index contributed by atoms with van der Waals surface area (Å²) in [4.78, 5) is 5.65. The first-order valence-electron chi connectivity index (χ1n) is 4.58. The smallest absolute Gasteiger partial charge is 0.265 e.